The van der Waals surface area contributed by atoms with Gasteiger partial charge < -0.3 is 23.9 Å². The molecule has 1 amide bonds. The smallest absolute Gasteiger partial charge is 0.259 e. The molecule has 0 spiro atoms. The summed E-state index contributed by atoms with van der Waals surface area (Å²) in [6.45, 7) is 3.64. The fourth-order valence-corrected chi connectivity index (χ4v) is 4.00. The van der Waals surface area contributed by atoms with Gasteiger partial charge in [-0.3, -0.25) is 4.79 Å². The number of para-hydroxylation sites is 1. The van der Waals surface area contributed by atoms with E-state index in [9.17, 15) is 4.79 Å². The maximum absolute atomic E-state index is 13.0. The minimum absolute atomic E-state index is 0.167. The first kappa shape index (κ1) is 22.0. The van der Waals surface area contributed by atoms with Crippen molar-refractivity contribution in [2.75, 3.05) is 18.5 Å². The molecule has 3 heterocycles. The first-order valence-electron chi connectivity index (χ1n) is 11.5. The Morgan fingerprint density at radius 3 is 2.76 bits per heavy atom. The van der Waals surface area contributed by atoms with Gasteiger partial charge in [-0.2, -0.15) is 0 Å². The highest BCUT2D eigenvalue weighted by Gasteiger charge is 2.16. The van der Waals surface area contributed by atoms with Crippen molar-refractivity contribution in [2.24, 2.45) is 0 Å². The second-order valence-electron chi connectivity index (χ2n) is 8.36. The lowest BCUT2D eigenvalue weighted by Crippen LogP contribution is -2.16. The average molecular weight is 458 g/mol. The highest BCUT2D eigenvalue weighted by Crippen LogP contribution is 2.23. The van der Waals surface area contributed by atoms with Crippen LogP contribution in [0.4, 0.5) is 5.69 Å². The Hall–Kier alpha value is -3.84. The molecule has 2 aromatic carbocycles. The highest BCUT2D eigenvalue weighted by atomic mass is 16.5. The molecule has 1 N–H and O–H groups in total. The van der Waals surface area contributed by atoms with E-state index in [1.54, 1.807) is 12.1 Å². The van der Waals surface area contributed by atoms with Crippen molar-refractivity contribution in [3.63, 3.8) is 0 Å². The van der Waals surface area contributed by atoms with E-state index >= 15 is 0 Å². The molecule has 7 nitrogen and oxygen atoms in total. The van der Waals surface area contributed by atoms with E-state index in [4.69, 9.17) is 14.2 Å². The van der Waals surface area contributed by atoms with Gasteiger partial charge >= 0.3 is 0 Å². The Morgan fingerprint density at radius 1 is 1.12 bits per heavy atom. The predicted molar refractivity (Wildman–Crippen MR) is 130 cm³/mol. The summed E-state index contributed by atoms with van der Waals surface area (Å²) in [5, 5.41) is 2.93. The van der Waals surface area contributed by atoms with Crippen molar-refractivity contribution >= 4 is 17.2 Å². The molecule has 0 radical (unpaired) electrons. The lowest BCUT2D eigenvalue weighted by atomic mass is 10.2. The zero-order chi connectivity index (χ0) is 23.3. The van der Waals surface area contributed by atoms with Crippen LogP contribution in [0.5, 0.6) is 11.5 Å². The van der Waals surface area contributed by atoms with Gasteiger partial charge in [-0.1, -0.05) is 18.2 Å². The van der Waals surface area contributed by atoms with Crippen molar-refractivity contribution < 1.29 is 19.0 Å². The van der Waals surface area contributed by atoms with Gasteiger partial charge in [0, 0.05) is 24.7 Å². The number of carbonyl (C=O) groups excluding carboxylic acids is 1. The number of imidazole rings is 1. The normalized spacial score (nSPS) is 15.4. The molecule has 1 aliphatic heterocycles. The Balaban J connectivity index is 1.21. The van der Waals surface area contributed by atoms with Crippen molar-refractivity contribution in [1.82, 2.24) is 9.38 Å². The number of hydrogen-bond acceptors (Lipinski definition) is 5. The maximum atomic E-state index is 13.0. The molecule has 7 heteroatoms. The minimum Gasteiger partial charge on any atom is -0.491 e. The van der Waals surface area contributed by atoms with Gasteiger partial charge in [-0.05, 0) is 67.8 Å². The maximum Gasteiger partial charge on any atom is 0.259 e. The first-order chi connectivity index (χ1) is 16.7. The van der Waals surface area contributed by atoms with Crippen LogP contribution in [0.2, 0.25) is 0 Å². The number of benzene rings is 2. The fraction of sp³-hybridized carbons (Fsp3) is 0.259. The van der Waals surface area contributed by atoms with Crippen molar-refractivity contribution in [3.05, 3.63) is 89.9 Å². The molecule has 4 aromatic rings. The molecule has 1 saturated heterocycles. The molecule has 0 bridgehead atoms. The molecule has 34 heavy (non-hydrogen) atoms. The Bertz CT molecular complexity index is 1280. The monoisotopic (exact) mass is 457 g/mol. The Kier molecular flexibility index (Phi) is 6.44. The third kappa shape index (κ3) is 5.05. The first-order valence-corrected chi connectivity index (χ1v) is 11.5. The van der Waals surface area contributed by atoms with E-state index in [-0.39, 0.29) is 18.6 Å². The van der Waals surface area contributed by atoms with Gasteiger partial charge in [0.25, 0.3) is 5.91 Å². The van der Waals surface area contributed by atoms with Gasteiger partial charge in [-0.15, -0.1) is 0 Å². The van der Waals surface area contributed by atoms with Crippen LogP contribution in [0.15, 0.2) is 73.1 Å². The average Bonchev–Trinajstić information content (AvgIpc) is 3.53. The van der Waals surface area contributed by atoms with Crippen molar-refractivity contribution in [1.29, 1.82) is 0 Å². The van der Waals surface area contributed by atoms with Gasteiger partial charge in [0.15, 0.2) is 0 Å². The number of fused-ring (bicyclic) bond motifs is 1. The van der Waals surface area contributed by atoms with Crippen molar-refractivity contribution in [2.45, 2.75) is 32.5 Å². The number of nitrogens with zero attached hydrogens (tertiary/aromatic N) is 2. The van der Waals surface area contributed by atoms with Gasteiger partial charge in [0.05, 0.1) is 17.4 Å². The molecule has 1 unspecified atom stereocenters. The summed E-state index contributed by atoms with van der Waals surface area (Å²) in [7, 11) is 0. The van der Waals surface area contributed by atoms with Crippen LogP contribution in [0.1, 0.15) is 34.5 Å². The number of aromatic nitrogens is 2. The van der Waals surface area contributed by atoms with Crippen LogP contribution in [-0.4, -0.2) is 34.6 Å². The number of hydrogen-bond donors (Lipinski definition) is 1. The summed E-state index contributed by atoms with van der Waals surface area (Å²) in [6, 6.07) is 18.5. The fourth-order valence-electron chi connectivity index (χ4n) is 4.00. The van der Waals surface area contributed by atoms with E-state index in [0.29, 0.717) is 23.6 Å². The zero-order valence-electron chi connectivity index (χ0n) is 19.1. The van der Waals surface area contributed by atoms with E-state index in [0.717, 1.165) is 42.1 Å². The number of aryl methyl sites for hydroxylation is 1. The number of ether oxygens (including phenoxy) is 3. The largest absolute Gasteiger partial charge is 0.491 e. The number of amides is 1. The Morgan fingerprint density at radius 2 is 1.97 bits per heavy atom. The molecule has 0 aliphatic carbocycles. The molecule has 0 saturated carbocycles. The molecule has 1 atom stereocenters. The van der Waals surface area contributed by atoms with Crippen LogP contribution < -0.4 is 14.8 Å². The molecule has 1 fully saturated rings. The SMILES string of the molecule is Cc1cccn2cc(COc3ccccc3C(=O)Nc3ccc(OCC4CCCO4)cc3)nc12. The second-order valence-corrected chi connectivity index (χ2v) is 8.36. The van der Waals surface area contributed by atoms with Gasteiger partial charge in [0.1, 0.15) is 30.4 Å². The molecule has 5 rings (SSSR count). The zero-order valence-corrected chi connectivity index (χ0v) is 19.1. The van der Waals surface area contributed by atoms with E-state index in [1.807, 2.05) is 72.2 Å². The summed E-state index contributed by atoms with van der Waals surface area (Å²) < 4.78 is 19.3. The lowest BCUT2D eigenvalue weighted by Gasteiger charge is -2.13. The van der Waals surface area contributed by atoms with E-state index in [1.165, 1.54) is 0 Å². The number of anilines is 1. The Labute approximate surface area is 198 Å². The lowest BCUT2D eigenvalue weighted by molar-refractivity contribution is 0.0679. The molecular weight excluding hydrogens is 430 g/mol. The summed E-state index contributed by atoms with van der Waals surface area (Å²) in [5.41, 5.74) is 3.93. The van der Waals surface area contributed by atoms with E-state index < -0.39 is 0 Å². The summed E-state index contributed by atoms with van der Waals surface area (Å²) >= 11 is 0. The minimum atomic E-state index is -0.241. The number of nitrogens with one attached hydrogen (secondary N) is 1. The van der Waals surface area contributed by atoms with Crippen LogP contribution in [0.25, 0.3) is 5.65 Å². The summed E-state index contributed by atoms with van der Waals surface area (Å²) in [4.78, 5) is 17.6. The number of carbonyl (C=O) groups is 1. The summed E-state index contributed by atoms with van der Waals surface area (Å²) in [5.74, 6) is 1.01. The van der Waals surface area contributed by atoms with E-state index in [2.05, 4.69) is 10.3 Å². The topological polar surface area (TPSA) is 74.1 Å². The van der Waals surface area contributed by atoms with Crippen LogP contribution in [0, 0.1) is 6.92 Å². The standard InChI is InChI=1S/C27H27N3O4/c1-19-6-4-14-30-16-21(28-26(19)30)17-34-25-9-3-2-8-24(25)27(31)29-20-10-12-22(13-11-20)33-18-23-7-5-15-32-23/h2-4,6,8-14,16,23H,5,7,15,17-18H2,1H3,(H,29,31). The van der Waals surface area contributed by atoms with Crippen LogP contribution >= 0.6 is 0 Å². The molecule has 174 valence electrons. The quantitative estimate of drug-likeness (QED) is 0.402. The summed E-state index contributed by atoms with van der Waals surface area (Å²) in [6.07, 6.45) is 6.18. The van der Waals surface area contributed by atoms with Gasteiger partial charge in [0.2, 0.25) is 0 Å². The third-order valence-corrected chi connectivity index (χ3v) is 5.81. The highest BCUT2D eigenvalue weighted by molar-refractivity contribution is 6.06. The predicted octanol–water partition coefficient (Wildman–Crippen LogP) is 5.03. The number of pyridine rings is 1. The molecule has 2 aromatic heterocycles. The van der Waals surface area contributed by atoms with Crippen LogP contribution in [0.3, 0.4) is 0 Å². The van der Waals surface area contributed by atoms with Crippen LogP contribution in [-0.2, 0) is 11.3 Å². The van der Waals surface area contributed by atoms with Gasteiger partial charge in [-0.25, -0.2) is 4.98 Å². The third-order valence-electron chi connectivity index (χ3n) is 5.81. The molecule has 1 aliphatic rings. The molecular formula is C27H27N3O4. The second kappa shape index (κ2) is 9.97. The van der Waals surface area contributed by atoms with Crippen molar-refractivity contribution in [3.8, 4) is 11.5 Å². The number of rotatable bonds is 8.